The third-order valence-corrected chi connectivity index (χ3v) is 4.53. The molecule has 0 amide bonds. The van der Waals surface area contributed by atoms with Gasteiger partial charge in [0.15, 0.2) is 0 Å². The average molecular weight is 382 g/mol. The molecule has 0 saturated carbocycles. The summed E-state index contributed by atoms with van der Waals surface area (Å²) in [5, 5.41) is 7.05. The zero-order valence-electron chi connectivity index (χ0n) is 14.1. The van der Waals surface area contributed by atoms with Crippen molar-refractivity contribution in [2.45, 2.75) is 12.7 Å². The first kappa shape index (κ1) is 18.7. The Morgan fingerprint density at radius 1 is 0.923 bits per heavy atom. The van der Waals surface area contributed by atoms with E-state index in [1.807, 2.05) is 29.3 Å². The van der Waals surface area contributed by atoms with Gasteiger partial charge in [0.1, 0.15) is 0 Å². The summed E-state index contributed by atoms with van der Waals surface area (Å²) in [6.07, 6.45) is -2.70. The van der Waals surface area contributed by atoms with Crippen LogP contribution in [-0.4, -0.2) is 42.3 Å². The largest absolute Gasteiger partial charge is 0.416 e. The topological polar surface area (TPSA) is 18.8 Å². The van der Waals surface area contributed by atoms with Gasteiger partial charge in [-0.05, 0) is 35.4 Å². The van der Waals surface area contributed by atoms with E-state index in [1.54, 1.807) is 6.21 Å². The molecule has 1 saturated heterocycles. The van der Waals surface area contributed by atoms with Crippen molar-refractivity contribution >= 4 is 17.8 Å². The van der Waals surface area contributed by atoms with Gasteiger partial charge >= 0.3 is 6.18 Å². The fourth-order valence-electron chi connectivity index (χ4n) is 2.77. The van der Waals surface area contributed by atoms with Gasteiger partial charge in [-0.15, -0.1) is 0 Å². The van der Waals surface area contributed by atoms with E-state index in [1.165, 1.54) is 17.7 Å². The third kappa shape index (κ3) is 5.22. The minimum Gasteiger partial charge on any atom is -0.295 e. The first-order valence-electron chi connectivity index (χ1n) is 8.33. The summed E-state index contributed by atoms with van der Waals surface area (Å²) in [4.78, 5) is 2.34. The molecule has 0 radical (unpaired) electrons. The molecule has 1 fully saturated rings. The van der Waals surface area contributed by atoms with Crippen molar-refractivity contribution in [3.05, 3.63) is 70.2 Å². The van der Waals surface area contributed by atoms with Crippen LogP contribution in [0.4, 0.5) is 13.2 Å². The first-order valence-corrected chi connectivity index (χ1v) is 8.71. The molecule has 0 aliphatic carbocycles. The third-order valence-electron chi connectivity index (χ3n) is 4.28. The van der Waals surface area contributed by atoms with Gasteiger partial charge in [0, 0.05) is 37.7 Å². The van der Waals surface area contributed by atoms with Gasteiger partial charge in [0.25, 0.3) is 0 Å². The maximum atomic E-state index is 12.6. The van der Waals surface area contributed by atoms with Crippen molar-refractivity contribution in [1.82, 2.24) is 9.91 Å². The molecule has 7 heteroatoms. The first-order chi connectivity index (χ1) is 12.4. The number of hydrogen-bond acceptors (Lipinski definition) is 3. The van der Waals surface area contributed by atoms with Gasteiger partial charge in [-0.1, -0.05) is 35.9 Å². The fraction of sp³-hybridized carbons (Fsp3) is 0.316. The number of nitrogens with zero attached hydrogens (tertiary/aromatic N) is 3. The molecule has 0 unspecified atom stereocenters. The minimum atomic E-state index is -4.31. The summed E-state index contributed by atoms with van der Waals surface area (Å²) < 4.78 is 37.7. The van der Waals surface area contributed by atoms with E-state index >= 15 is 0 Å². The number of hydrogen-bond donors (Lipinski definition) is 0. The maximum Gasteiger partial charge on any atom is 0.416 e. The van der Waals surface area contributed by atoms with Crippen molar-refractivity contribution in [2.24, 2.45) is 5.10 Å². The predicted octanol–water partition coefficient (Wildman–Crippen LogP) is 4.51. The van der Waals surface area contributed by atoms with E-state index in [0.717, 1.165) is 49.9 Å². The van der Waals surface area contributed by atoms with E-state index in [2.05, 4.69) is 10.0 Å². The van der Waals surface area contributed by atoms with Gasteiger partial charge in [-0.3, -0.25) is 9.91 Å². The molecule has 1 aliphatic heterocycles. The van der Waals surface area contributed by atoms with Crippen LogP contribution in [0.25, 0.3) is 0 Å². The van der Waals surface area contributed by atoms with Crippen LogP contribution >= 0.6 is 11.6 Å². The second-order valence-electron chi connectivity index (χ2n) is 6.22. The van der Waals surface area contributed by atoms with Crippen LogP contribution in [0.5, 0.6) is 0 Å². The lowest BCUT2D eigenvalue weighted by molar-refractivity contribution is -0.137. The van der Waals surface area contributed by atoms with Gasteiger partial charge < -0.3 is 0 Å². The zero-order valence-corrected chi connectivity index (χ0v) is 14.8. The number of halogens is 4. The maximum absolute atomic E-state index is 12.6. The molecule has 0 N–H and O–H groups in total. The second kappa shape index (κ2) is 8.10. The Kier molecular flexibility index (Phi) is 5.84. The molecule has 0 bridgehead atoms. The summed E-state index contributed by atoms with van der Waals surface area (Å²) in [5.74, 6) is 0. The Morgan fingerprint density at radius 2 is 1.54 bits per heavy atom. The van der Waals surface area contributed by atoms with Crippen LogP contribution < -0.4 is 0 Å². The Balaban J connectivity index is 1.49. The van der Waals surface area contributed by atoms with E-state index in [4.69, 9.17) is 11.6 Å². The quantitative estimate of drug-likeness (QED) is 0.726. The van der Waals surface area contributed by atoms with Crippen LogP contribution in [0.15, 0.2) is 53.6 Å². The number of rotatable bonds is 4. The Labute approximate surface area is 155 Å². The van der Waals surface area contributed by atoms with Crippen molar-refractivity contribution in [3.63, 3.8) is 0 Å². The van der Waals surface area contributed by atoms with Crippen LogP contribution in [0.1, 0.15) is 16.7 Å². The molecule has 0 atom stereocenters. The van der Waals surface area contributed by atoms with Crippen molar-refractivity contribution < 1.29 is 13.2 Å². The number of piperazine rings is 1. The highest BCUT2D eigenvalue weighted by molar-refractivity contribution is 6.30. The second-order valence-corrected chi connectivity index (χ2v) is 6.66. The molecular formula is C19H19ClF3N3. The SMILES string of the molecule is FC(F)(F)c1ccc(C=NN2CCN(Cc3ccc(Cl)cc3)CC2)cc1. The lowest BCUT2D eigenvalue weighted by Gasteiger charge is -2.33. The molecule has 0 aromatic heterocycles. The molecule has 0 spiro atoms. The highest BCUT2D eigenvalue weighted by Gasteiger charge is 2.29. The minimum absolute atomic E-state index is 0.648. The van der Waals surface area contributed by atoms with Crippen LogP contribution in [0.2, 0.25) is 5.02 Å². The summed E-state index contributed by atoms with van der Waals surface area (Å²) in [6.45, 7) is 4.20. The Hall–Kier alpha value is -2.05. The summed E-state index contributed by atoms with van der Waals surface area (Å²) in [5.41, 5.74) is 1.23. The van der Waals surface area contributed by atoms with Gasteiger partial charge in [0.2, 0.25) is 0 Å². The Morgan fingerprint density at radius 3 is 2.12 bits per heavy atom. The van der Waals surface area contributed by atoms with E-state index in [9.17, 15) is 13.2 Å². The zero-order chi connectivity index (χ0) is 18.6. The van der Waals surface area contributed by atoms with Crippen LogP contribution in [0, 0.1) is 0 Å². The van der Waals surface area contributed by atoms with Gasteiger partial charge in [0.05, 0.1) is 11.8 Å². The van der Waals surface area contributed by atoms with Crippen molar-refractivity contribution in [2.75, 3.05) is 26.2 Å². The molecule has 2 aromatic carbocycles. The molecule has 2 aromatic rings. The smallest absolute Gasteiger partial charge is 0.295 e. The predicted molar refractivity (Wildman–Crippen MR) is 97.3 cm³/mol. The van der Waals surface area contributed by atoms with Crippen molar-refractivity contribution in [3.8, 4) is 0 Å². The monoisotopic (exact) mass is 381 g/mol. The fourth-order valence-corrected chi connectivity index (χ4v) is 2.89. The molecule has 3 nitrogen and oxygen atoms in total. The molecule has 1 aliphatic rings. The standard InChI is InChI=1S/C19H19ClF3N3/c20-18-7-3-16(4-8-18)14-25-9-11-26(12-10-25)24-13-15-1-5-17(6-2-15)19(21,22)23/h1-8,13H,9-12,14H2. The average Bonchev–Trinajstić information content (AvgIpc) is 2.63. The normalized spacial score (nSPS) is 16.4. The molecule has 3 rings (SSSR count). The summed E-state index contributed by atoms with van der Waals surface area (Å²) >= 11 is 5.90. The summed E-state index contributed by atoms with van der Waals surface area (Å²) in [7, 11) is 0. The lowest BCUT2D eigenvalue weighted by atomic mass is 10.1. The molecular weight excluding hydrogens is 363 g/mol. The summed E-state index contributed by atoms with van der Waals surface area (Å²) in [6, 6.07) is 12.8. The van der Waals surface area contributed by atoms with Crippen molar-refractivity contribution in [1.29, 1.82) is 0 Å². The Bertz CT molecular complexity index is 734. The number of benzene rings is 2. The number of alkyl halides is 3. The van der Waals surface area contributed by atoms with E-state index < -0.39 is 11.7 Å². The molecule has 1 heterocycles. The van der Waals surface area contributed by atoms with Crippen LogP contribution in [0.3, 0.4) is 0 Å². The molecule has 26 heavy (non-hydrogen) atoms. The van der Waals surface area contributed by atoms with E-state index in [-0.39, 0.29) is 0 Å². The highest BCUT2D eigenvalue weighted by Crippen LogP contribution is 2.28. The lowest BCUT2D eigenvalue weighted by Crippen LogP contribution is -2.43. The number of hydrazone groups is 1. The van der Waals surface area contributed by atoms with Gasteiger partial charge in [-0.2, -0.15) is 18.3 Å². The highest BCUT2D eigenvalue weighted by atomic mass is 35.5. The van der Waals surface area contributed by atoms with Gasteiger partial charge in [-0.25, -0.2) is 0 Å². The molecule has 138 valence electrons. The van der Waals surface area contributed by atoms with Crippen LogP contribution in [-0.2, 0) is 12.7 Å². The van der Waals surface area contributed by atoms with E-state index in [0.29, 0.717) is 5.56 Å².